The molecule has 0 aliphatic rings. The minimum Gasteiger partial charge on any atom is -0.358 e. The van der Waals surface area contributed by atoms with Crippen LogP contribution in [-0.2, 0) is 6.42 Å². The molecule has 0 fully saturated rings. The molecule has 20 heavy (non-hydrogen) atoms. The molecular formula is C13H12BrN3O3. The van der Waals surface area contributed by atoms with Crippen molar-refractivity contribution in [1.29, 1.82) is 0 Å². The summed E-state index contributed by atoms with van der Waals surface area (Å²) in [7, 11) is 0. The van der Waals surface area contributed by atoms with Crippen LogP contribution in [0.3, 0.4) is 0 Å². The van der Waals surface area contributed by atoms with Gasteiger partial charge in [0.05, 0.1) is 6.42 Å². The minimum atomic E-state index is -0.585. The number of Topliss-reactive ketones (excluding diaryl/α,β-unsaturated/α-hetero) is 1. The zero-order chi connectivity index (χ0) is 14.9. The van der Waals surface area contributed by atoms with E-state index in [1.165, 1.54) is 0 Å². The molecule has 0 unspecified atom stereocenters. The molecule has 0 radical (unpaired) electrons. The number of halogens is 1. The number of carbonyl (C=O) groups excluding carboxylic acids is 1. The van der Waals surface area contributed by atoms with Crippen molar-refractivity contribution in [2.24, 2.45) is 0 Å². The second-order valence-corrected chi connectivity index (χ2v) is 5.41. The van der Waals surface area contributed by atoms with Gasteiger partial charge in [0.2, 0.25) is 5.82 Å². The largest absolute Gasteiger partial charge is 0.385 e. The molecule has 0 atom stereocenters. The molecule has 6 nitrogen and oxygen atoms in total. The van der Waals surface area contributed by atoms with E-state index >= 15 is 0 Å². The highest BCUT2D eigenvalue weighted by molar-refractivity contribution is 9.10. The van der Waals surface area contributed by atoms with Gasteiger partial charge in [0, 0.05) is 17.0 Å². The molecule has 0 aliphatic carbocycles. The van der Waals surface area contributed by atoms with Crippen LogP contribution in [0.25, 0.3) is 0 Å². The predicted molar refractivity (Wildman–Crippen MR) is 76.9 cm³/mol. The molecule has 104 valence electrons. The van der Waals surface area contributed by atoms with Crippen LogP contribution in [-0.4, -0.2) is 20.7 Å². The number of nitrogens with one attached hydrogen (secondary N) is 1. The Kier molecular flexibility index (Phi) is 3.99. The van der Waals surface area contributed by atoms with Crippen LogP contribution in [0.15, 0.2) is 22.7 Å². The van der Waals surface area contributed by atoms with Crippen LogP contribution >= 0.6 is 15.9 Å². The Morgan fingerprint density at radius 1 is 1.40 bits per heavy atom. The molecule has 0 aliphatic heterocycles. The highest BCUT2D eigenvalue weighted by Gasteiger charge is 2.22. The van der Waals surface area contributed by atoms with E-state index in [9.17, 15) is 14.9 Å². The lowest BCUT2D eigenvalue weighted by Crippen LogP contribution is -2.06. The Morgan fingerprint density at radius 2 is 2.10 bits per heavy atom. The van der Waals surface area contributed by atoms with Gasteiger partial charge in [-0.05, 0) is 40.6 Å². The van der Waals surface area contributed by atoms with Gasteiger partial charge >= 0.3 is 5.82 Å². The van der Waals surface area contributed by atoms with Gasteiger partial charge in [-0.25, -0.2) is 0 Å². The van der Waals surface area contributed by atoms with Crippen molar-refractivity contribution < 1.29 is 9.72 Å². The Morgan fingerprint density at radius 3 is 2.70 bits per heavy atom. The summed E-state index contributed by atoms with van der Waals surface area (Å²) in [6, 6.07) is 5.34. The van der Waals surface area contributed by atoms with Gasteiger partial charge in [-0.2, -0.15) is 0 Å². The van der Waals surface area contributed by atoms with Crippen LogP contribution in [0.5, 0.6) is 0 Å². The molecule has 2 aromatic rings. The highest BCUT2D eigenvalue weighted by atomic mass is 79.9. The summed E-state index contributed by atoms with van der Waals surface area (Å²) in [6.07, 6.45) is -0.0763. The SMILES string of the molecule is Cc1cc(Br)cc(C(=O)Cc2[nH]c(C)nc2[N+](=O)[O-])c1. The fourth-order valence-corrected chi connectivity index (χ4v) is 2.57. The monoisotopic (exact) mass is 337 g/mol. The van der Waals surface area contributed by atoms with Crippen LogP contribution in [0.4, 0.5) is 5.82 Å². The van der Waals surface area contributed by atoms with Crippen molar-refractivity contribution in [2.75, 3.05) is 0 Å². The molecule has 1 aromatic carbocycles. The molecule has 1 heterocycles. The number of nitro groups is 1. The maximum Gasteiger partial charge on any atom is 0.385 e. The van der Waals surface area contributed by atoms with Crippen LogP contribution in [0.1, 0.15) is 27.4 Å². The van der Waals surface area contributed by atoms with Crippen LogP contribution in [0.2, 0.25) is 0 Å². The predicted octanol–water partition coefficient (Wildman–Crippen LogP) is 3.12. The third-order valence-corrected chi connectivity index (χ3v) is 3.21. The minimum absolute atomic E-state index is 0.0763. The van der Waals surface area contributed by atoms with Crippen molar-refractivity contribution in [3.63, 3.8) is 0 Å². The summed E-state index contributed by atoms with van der Waals surface area (Å²) in [4.78, 5) is 29.0. The molecule has 0 spiro atoms. The van der Waals surface area contributed by atoms with E-state index in [0.29, 0.717) is 11.4 Å². The molecule has 0 bridgehead atoms. The van der Waals surface area contributed by atoms with E-state index in [1.807, 2.05) is 13.0 Å². The third kappa shape index (κ3) is 3.11. The Hall–Kier alpha value is -2.02. The second kappa shape index (κ2) is 5.54. The van der Waals surface area contributed by atoms with Crippen molar-refractivity contribution in [2.45, 2.75) is 20.3 Å². The first-order chi connectivity index (χ1) is 9.36. The van der Waals surface area contributed by atoms with E-state index in [0.717, 1.165) is 10.0 Å². The lowest BCUT2D eigenvalue weighted by molar-refractivity contribution is -0.390. The summed E-state index contributed by atoms with van der Waals surface area (Å²) in [6.45, 7) is 3.49. The summed E-state index contributed by atoms with van der Waals surface area (Å²) in [5.41, 5.74) is 1.69. The van der Waals surface area contributed by atoms with Gasteiger partial charge in [-0.3, -0.25) is 4.79 Å². The normalized spacial score (nSPS) is 10.6. The molecule has 1 N–H and O–H groups in total. The van der Waals surface area contributed by atoms with Gasteiger partial charge in [-0.15, -0.1) is 0 Å². The quantitative estimate of drug-likeness (QED) is 0.527. The molecule has 0 amide bonds. The highest BCUT2D eigenvalue weighted by Crippen LogP contribution is 2.20. The van der Waals surface area contributed by atoms with Crippen LogP contribution in [0, 0.1) is 24.0 Å². The lowest BCUT2D eigenvalue weighted by Gasteiger charge is -2.02. The van der Waals surface area contributed by atoms with Crippen molar-refractivity contribution in [1.82, 2.24) is 9.97 Å². The van der Waals surface area contributed by atoms with E-state index in [-0.39, 0.29) is 23.7 Å². The summed E-state index contributed by atoms with van der Waals surface area (Å²) >= 11 is 3.33. The second-order valence-electron chi connectivity index (χ2n) is 4.50. The number of aryl methyl sites for hydroxylation is 2. The summed E-state index contributed by atoms with van der Waals surface area (Å²) in [5, 5.41) is 10.9. The lowest BCUT2D eigenvalue weighted by atomic mass is 10.0. The first kappa shape index (κ1) is 14.4. The van der Waals surface area contributed by atoms with Gasteiger partial charge < -0.3 is 15.1 Å². The Bertz CT molecular complexity index is 674. The fourth-order valence-electron chi connectivity index (χ4n) is 1.96. The zero-order valence-electron chi connectivity index (χ0n) is 10.9. The number of hydrogen-bond acceptors (Lipinski definition) is 4. The number of hydrogen-bond donors (Lipinski definition) is 1. The number of aromatic amines is 1. The molecule has 0 saturated carbocycles. The maximum atomic E-state index is 12.2. The van der Waals surface area contributed by atoms with E-state index < -0.39 is 4.92 Å². The maximum absolute atomic E-state index is 12.2. The van der Waals surface area contributed by atoms with Gasteiger partial charge in [0.1, 0.15) is 5.69 Å². The van der Waals surface area contributed by atoms with E-state index in [1.54, 1.807) is 19.1 Å². The van der Waals surface area contributed by atoms with Gasteiger partial charge in [-0.1, -0.05) is 15.9 Å². The number of benzene rings is 1. The van der Waals surface area contributed by atoms with Crippen molar-refractivity contribution >= 4 is 27.5 Å². The summed E-state index contributed by atoms with van der Waals surface area (Å²) < 4.78 is 0.802. The summed E-state index contributed by atoms with van der Waals surface area (Å²) in [5.74, 6) is -0.0614. The zero-order valence-corrected chi connectivity index (χ0v) is 12.5. The molecular weight excluding hydrogens is 326 g/mol. The fraction of sp³-hybridized carbons (Fsp3) is 0.231. The van der Waals surface area contributed by atoms with Gasteiger partial charge in [0.15, 0.2) is 5.78 Å². The number of rotatable bonds is 4. The average Bonchev–Trinajstić information content (AvgIpc) is 2.69. The van der Waals surface area contributed by atoms with E-state index in [4.69, 9.17) is 0 Å². The number of nitrogens with zero attached hydrogens (tertiary/aromatic N) is 2. The average molecular weight is 338 g/mol. The number of aromatic nitrogens is 2. The van der Waals surface area contributed by atoms with E-state index in [2.05, 4.69) is 25.9 Å². The number of H-pyrrole nitrogens is 1. The van der Waals surface area contributed by atoms with Crippen molar-refractivity contribution in [3.05, 3.63) is 55.4 Å². The topological polar surface area (TPSA) is 88.9 Å². The molecule has 2 rings (SSSR count). The first-order valence-electron chi connectivity index (χ1n) is 5.87. The third-order valence-electron chi connectivity index (χ3n) is 2.75. The van der Waals surface area contributed by atoms with Gasteiger partial charge in [0.25, 0.3) is 0 Å². The number of imidazole rings is 1. The smallest absolute Gasteiger partial charge is 0.358 e. The Labute approximate surface area is 123 Å². The molecule has 0 saturated heterocycles. The number of carbonyl (C=O) groups is 1. The molecule has 7 heteroatoms. The first-order valence-corrected chi connectivity index (χ1v) is 6.66. The van der Waals surface area contributed by atoms with Crippen LogP contribution < -0.4 is 0 Å². The van der Waals surface area contributed by atoms with Crippen molar-refractivity contribution in [3.8, 4) is 0 Å². The standard InChI is InChI=1S/C13H12BrN3O3/c1-7-3-9(5-10(14)4-7)12(18)6-11-13(17(19)20)16-8(2)15-11/h3-5H,6H2,1-2H3,(H,15,16). The molecule has 1 aromatic heterocycles. The number of ketones is 1. The Balaban J connectivity index is 2.30.